The molecule has 9 heteroatoms. The zero-order chi connectivity index (χ0) is 19.5. The van der Waals surface area contributed by atoms with Gasteiger partial charge in [0.2, 0.25) is 0 Å². The molecule has 0 radical (unpaired) electrons. The third-order valence-corrected chi connectivity index (χ3v) is 4.34. The molecule has 0 atom stereocenters. The Kier molecular flexibility index (Phi) is 14.9. The van der Waals surface area contributed by atoms with Gasteiger partial charge in [0.15, 0.2) is 11.5 Å². The normalized spacial score (nSPS) is 10.1. The van der Waals surface area contributed by atoms with Gasteiger partial charge in [0.1, 0.15) is 12.4 Å². The van der Waals surface area contributed by atoms with E-state index in [1.165, 1.54) is 6.07 Å². The summed E-state index contributed by atoms with van der Waals surface area (Å²) in [6, 6.07) is 10.2. The van der Waals surface area contributed by atoms with E-state index in [2.05, 4.69) is 10.6 Å². The Hall–Kier alpha value is -1.28. The Balaban J connectivity index is 0.00000392. The molecule has 0 amide bonds. The van der Waals surface area contributed by atoms with Gasteiger partial charge >= 0.3 is 0 Å². The summed E-state index contributed by atoms with van der Waals surface area (Å²) in [6.45, 7) is 3.24. The molecule has 29 heavy (non-hydrogen) atoms. The van der Waals surface area contributed by atoms with Gasteiger partial charge in [-0.15, -0.1) is 24.8 Å². The van der Waals surface area contributed by atoms with Crippen molar-refractivity contribution in [3.8, 4) is 11.5 Å². The topological polar surface area (TPSA) is 62.8 Å². The van der Waals surface area contributed by atoms with Crippen LogP contribution in [0.3, 0.4) is 0 Å². The molecule has 164 valence electrons. The molecule has 2 rings (SSSR count). The highest BCUT2D eigenvalue weighted by Gasteiger charge is 2.11. The molecule has 2 aromatic rings. The summed E-state index contributed by atoms with van der Waals surface area (Å²) in [4.78, 5) is 0. The van der Waals surface area contributed by atoms with Crippen molar-refractivity contribution in [2.75, 3.05) is 33.4 Å². The van der Waals surface area contributed by atoms with Crippen molar-refractivity contribution in [3.05, 3.63) is 58.4 Å². The van der Waals surface area contributed by atoms with Crippen LogP contribution in [0.25, 0.3) is 0 Å². The molecule has 0 aliphatic rings. The number of hydrogen-bond acceptors (Lipinski definition) is 5. The molecule has 0 aromatic heterocycles. The molecule has 0 saturated carbocycles. The highest BCUT2D eigenvalue weighted by molar-refractivity contribution is 6.31. The van der Waals surface area contributed by atoms with Gasteiger partial charge in [0, 0.05) is 18.7 Å². The number of rotatable bonds is 12. The lowest BCUT2D eigenvalue weighted by Crippen LogP contribution is -2.23. The first kappa shape index (κ1) is 27.7. The first-order chi connectivity index (χ1) is 13.2. The maximum atomic E-state index is 13.8. The standard InChI is InChI=1S/C20H26ClFN2O3.2ClH/c1-26-20-12-15(13-24-9-3-8-23-10-11-25)6-7-19(20)27-14-16-17(21)4-2-5-18(16)22;;/h2,4-7,12,23-25H,3,8-11,13-14H2,1H3;2*1H. The number of aliphatic hydroxyl groups is 1. The van der Waals surface area contributed by atoms with Gasteiger partial charge in [0.25, 0.3) is 0 Å². The smallest absolute Gasteiger partial charge is 0.161 e. The molecule has 0 unspecified atom stereocenters. The Morgan fingerprint density at radius 3 is 2.48 bits per heavy atom. The minimum Gasteiger partial charge on any atom is -0.493 e. The van der Waals surface area contributed by atoms with Gasteiger partial charge < -0.3 is 25.2 Å². The molecule has 0 aliphatic heterocycles. The number of benzene rings is 2. The van der Waals surface area contributed by atoms with Crippen molar-refractivity contribution >= 4 is 36.4 Å². The number of halogens is 4. The lowest BCUT2D eigenvalue weighted by molar-refractivity contribution is 0.279. The van der Waals surface area contributed by atoms with Crippen LogP contribution in [-0.4, -0.2) is 38.5 Å². The predicted octanol–water partition coefficient (Wildman–Crippen LogP) is 3.97. The number of aliphatic hydroxyl groups excluding tert-OH is 1. The Morgan fingerprint density at radius 2 is 1.79 bits per heavy atom. The lowest BCUT2D eigenvalue weighted by Gasteiger charge is -2.14. The maximum absolute atomic E-state index is 13.8. The molecule has 0 spiro atoms. The Labute approximate surface area is 188 Å². The molecular formula is C20H28Cl3FN2O3. The summed E-state index contributed by atoms with van der Waals surface area (Å²) < 4.78 is 25.0. The van der Waals surface area contributed by atoms with E-state index in [-0.39, 0.29) is 38.0 Å². The van der Waals surface area contributed by atoms with Gasteiger partial charge in [-0.3, -0.25) is 0 Å². The monoisotopic (exact) mass is 468 g/mol. The quantitative estimate of drug-likeness (QED) is 0.411. The van der Waals surface area contributed by atoms with Crippen molar-refractivity contribution in [1.82, 2.24) is 10.6 Å². The van der Waals surface area contributed by atoms with E-state index >= 15 is 0 Å². The zero-order valence-electron chi connectivity index (χ0n) is 16.2. The Bertz CT molecular complexity index is 703. The number of nitrogens with one attached hydrogen (secondary N) is 2. The summed E-state index contributed by atoms with van der Waals surface area (Å²) in [6.07, 6.45) is 0.974. The van der Waals surface area contributed by atoms with Crippen LogP contribution in [0.15, 0.2) is 36.4 Å². The van der Waals surface area contributed by atoms with E-state index in [0.29, 0.717) is 35.2 Å². The average Bonchev–Trinajstić information content (AvgIpc) is 2.67. The second-order valence-electron chi connectivity index (χ2n) is 5.98. The van der Waals surface area contributed by atoms with E-state index in [0.717, 1.165) is 25.1 Å². The maximum Gasteiger partial charge on any atom is 0.161 e. The van der Waals surface area contributed by atoms with Crippen LogP contribution in [0, 0.1) is 5.82 Å². The van der Waals surface area contributed by atoms with Crippen molar-refractivity contribution in [2.24, 2.45) is 0 Å². The van der Waals surface area contributed by atoms with Gasteiger partial charge in [-0.05, 0) is 49.3 Å². The molecular weight excluding hydrogens is 442 g/mol. The van der Waals surface area contributed by atoms with Gasteiger partial charge in [0.05, 0.1) is 18.7 Å². The third kappa shape index (κ3) is 9.38. The first-order valence-electron chi connectivity index (χ1n) is 8.90. The van der Waals surface area contributed by atoms with Crippen molar-refractivity contribution in [2.45, 2.75) is 19.6 Å². The minimum absolute atomic E-state index is 0. The van der Waals surface area contributed by atoms with Crippen LogP contribution in [0.5, 0.6) is 11.5 Å². The second-order valence-corrected chi connectivity index (χ2v) is 6.39. The molecule has 0 fully saturated rings. The number of ether oxygens (including phenoxy) is 2. The van der Waals surface area contributed by atoms with E-state index in [1.54, 1.807) is 19.2 Å². The SMILES string of the molecule is COc1cc(CNCCCNCCO)ccc1OCc1c(F)cccc1Cl.Cl.Cl. The van der Waals surface area contributed by atoms with Crippen LogP contribution in [0.2, 0.25) is 5.02 Å². The van der Waals surface area contributed by atoms with Crippen molar-refractivity contribution in [3.63, 3.8) is 0 Å². The molecule has 5 nitrogen and oxygen atoms in total. The van der Waals surface area contributed by atoms with E-state index < -0.39 is 5.82 Å². The fourth-order valence-electron chi connectivity index (χ4n) is 2.54. The van der Waals surface area contributed by atoms with Gasteiger partial charge in [-0.2, -0.15) is 0 Å². The summed E-state index contributed by atoms with van der Waals surface area (Å²) in [5, 5.41) is 15.5. The van der Waals surface area contributed by atoms with E-state index in [9.17, 15) is 4.39 Å². The van der Waals surface area contributed by atoms with Crippen LogP contribution in [-0.2, 0) is 13.2 Å². The molecule has 2 aromatic carbocycles. The average molecular weight is 470 g/mol. The molecule has 0 aliphatic carbocycles. The van der Waals surface area contributed by atoms with Crippen LogP contribution in [0.1, 0.15) is 17.5 Å². The molecule has 0 bridgehead atoms. The molecule has 0 saturated heterocycles. The van der Waals surface area contributed by atoms with Crippen LogP contribution >= 0.6 is 36.4 Å². The minimum atomic E-state index is -0.393. The summed E-state index contributed by atoms with van der Waals surface area (Å²) in [5.41, 5.74) is 1.38. The van der Waals surface area contributed by atoms with Gasteiger partial charge in [-0.1, -0.05) is 23.7 Å². The van der Waals surface area contributed by atoms with Crippen molar-refractivity contribution in [1.29, 1.82) is 0 Å². The van der Waals surface area contributed by atoms with Crippen LogP contribution < -0.4 is 20.1 Å². The van der Waals surface area contributed by atoms with Crippen LogP contribution in [0.4, 0.5) is 4.39 Å². The number of methoxy groups -OCH3 is 1. The molecule has 3 N–H and O–H groups in total. The second kappa shape index (κ2) is 15.5. The van der Waals surface area contributed by atoms with E-state index in [4.69, 9.17) is 26.2 Å². The molecule has 0 heterocycles. The number of hydrogen-bond donors (Lipinski definition) is 3. The highest BCUT2D eigenvalue weighted by atomic mass is 35.5. The summed E-state index contributed by atoms with van der Waals surface area (Å²) in [7, 11) is 1.57. The highest BCUT2D eigenvalue weighted by Crippen LogP contribution is 2.30. The van der Waals surface area contributed by atoms with E-state index in [1.807, 2.05) is 18.2 Å². The predicted molar refractivity (Wildman–Crippen MR) is 120 cm³/mol. The first-order valence-corrected chi connectivity index (χ1v) is 9.28. The lowest BCUT2D eigenvalue weighted by atomic mass is 10.2. The fourth-order valence-corrected chi connectivity index (χ4v) is 2.75. The zero-order valence-corrected chi connectivity index (χ0v) is 18.6. The van der Waals surface area contributed by atoms with Crippen molar-refractivity contribution < 1.29 is 19.0 Å². The summed E-state index contributed by atoms with van der Waals surface area (Å²) in [5.74, 6) is 0.732. The Morgan fingerprint density at radius 1 is 1.03 bits per heavy atom. The van der Waals surface area contributed by atoms with Gasteiger partial charge in [-0.25, -0.2) is 4.39 Å². The summed E-state index contributed by atoms with van der Waals surface area (Å²) >= 11 is 6.03. The fraction of sp³-hybridized carbons (Fsp3) is 0.400. The third-order valence-electron chi connectivity index (χ3n) is 3.99. The largest absolute Gasteiger partial charge is 0.493 e.